The van der Waals surface area contributed by atoms with Crippen molar-refractivity contribution in [2.24, 2.45) is 0 Å². The molecule has 1 heterocycles. The van der Waals surface area contributed by atoms with Crippen molar-refractivity contribution in [2.45, 2.75) is 12.2 Å². The number of aromatic nitrogens is 1. The van der Waals surface area contributed by atoms with E-state index in [0.717, 1.165) is 18.3 Å². The van der Waals surface area contributed by atoms with E-state index >= 15 is 0 Å². The predicted octanol–water partition coefficient (Wildman–Crippen LogP) is 1.32. The van der Waals surface area contributed by atoms with E-state index in [4.69, 9.17) is 5.11 Å². The van der Waals surface area contributed by atoms with Gasteiger partial charge in [0.25, 0.3) is 5.69 Å². The molecular weight excluding hydrogens is 243 g/mol. The number of nitrogens with zero attached hydrogens (tertiary/aromatic N) is 2. The fraction of sp³-hybridized carbons (Fsp3) is 0.375. The molecule has 0 aliphatic heterocycles. The van der Waals surface area contributed by atoms with Gasteiger partial charge in [-0.1, -0.05) is 0 Å². The third-order valence-corrected chi connectivity index (χ3v) is 1.86. The van der Waals surface area contributed by atoms with Crippen LogP contribution in [0.1, 0.15) is 0 Å². The highest BCUT2D eigenvalue weighted by Gasteiger charge is 2.39. The Bertz CT molecular complexity index is 393. The number of nitro groups is 1. The monoisotopic (exact) mass is 251 g/mol. The summed E-state index contributed by atoms with van der Waals surface area (Å²) in [6.45, 7) is -1.15. The summed E-state index contributed by atoms with van der Waals surface area (Å²) in [5.74, 6) is -0.202. The lowest BCUT2D eigenvalue weighted by molar-refractivity contribution is -0.385. The summed E-state index contributed by atoms with van der Waals surface area (Å²) < 4.78 is 36.8. The van der Waals surface area contributed by atoms with Gasteiger partial charge in [-0.15, -0.1) is 0 Å². The van der Waals surface area contributed by atoms with E-state index < -0.39 is 23.7 Å². The Morgan fingerprint density at radius 3 is 2.53 bits per heavy atom. The molecule has 0 saturated carbocycles. The molecular formula is C8H8F3N3O3. The molecule has 0 spiro atoms. The van der Waals surface area contributed by atoms with Crippen LogP contribution < -0.4 is 5.32 Å². The van der Waals surface area contributed by atoms with Crippen molar-refractivity contribution < 1.29 is 23.2 Å². The van der Waals surface area contributed by atoms with Crippen LogP contribution in [0.4, 0.5) is 24.7 Å². The Balaban J connectivity index is 2.78. The van der Waals surface area contributed by atoms with Gasteiger partial charge in [-0.05, 0) is 6.07 Å². The van der Waals surface area contributed by atoms with Crippen LogP contribution in [0.2, 0.25) is 0 Å². The van der Waals surface area contributed by atoms with Gasteiger partial charge in [0.1, 0.15) is 18.1 Å². The van der Waals surface area contributed by atoms with Crippen LogP contribution in [0.25, 0.3) is 0 Å². The van der Waals surface area contributed by atoms with Gasteiger partial charge in [-0.25, -0.2) is 4.98 Å². The first kappa shape index (κ1) is 13.2. The van der Waals surface area contributed by atoms with Gasteiger partial charge in [-0.2, -0.15) is 13.2 Å². The molecule has 9 heteroatoms. The smallest absolute Gasteiger partial charge is 0.394 e. The normalized spacial score (nSPS) is 13.2. The molecule has 0 bridgehead atoms. The van der Waals surface area contributed by atoms with E-state index in [-0.39, 0.29) is 11.5 Å². The highest BCUT2D eigenvalue weighted by molar-refractivity contribution is 5.41. The largest absolute Gasteiger partial charge is 0.410 e. The van der Waals surface area contributed by atoms with Gasteiger partial charge in [0.15, 0.2) is 0 Å². The van der Waals surface area contributed by atoms with E-state index in [1.54, 1.807) is 0 Å². The zero-order valence-electron chi connectivity index (χ0n) is 8.31. The number of rotatable bonds is 4. The summed E-state index contributed by atoms with van der Waals surface area (Å²) in [5, 5.41) is 20.7. The molecule has 1 rings (SSSR count). The van der Waals surface area contributed by atoms with Crippen molar-refractivity contribution >= 4 is 11.5 Å². The van der Waals surface area contributed by atoms with Crippen molar-refractivity contribution in [1.29, 1.82) is 0 Å². The maximum Gasteiger partial charge on any atom is 0.410 e. The number of nitrogens with one attached hydrogen (secondary N) is 1. The van der Waals surface area contributed by atoms with Gasteiger partial charge in [0.2, 0.25) is 0 Å². The fourth-order valence-corrected chi connectivity index (χ4v) is 0.989. The van der Waals surface area contributed by atoms with Crippen LogP contribution in [0, 0.1) is 10.1 Å². The third kappa shape index (κ3) is 3.55. The van der Waals surface area contributed by atoms with Crippen LogP contribution in [0.3, 0.4) is 0 Å². The Kier molecular flexibility index (Phi) is 3.84. The summed E-state index contributed by atoms with van der Waals surface area (Å²) in [6, 6.07) is -0.108. The fourth-order valence-electron chi connectivity index (χ4n) is 0.989. The first-order valence-electron chi connectivity index (χ1n) is 4.39. The van der Waals surface area contributed by atoms with Crippen LogP contribution in [-0.2, 0) is 0 Å². The van der Waals surface area contributed by atoms with E-state index in [2.05, 4.69) is 4.98 Å². The first-order chi connectivity index (χ1) is 7.84. The molecule has 17 heavy (non-hydrogen) atoms. The summed E-state index contributed by atoms with van der Waals surface area (Å²) in [4.78, 5) is 13.0. The molecule has 1 aromatic heterocycles. The number of pyridine rings is 1. The summed E-state index contributed by atoms with van der Waals surface area (Å²) in [7, 11) is 0. The zero-order chi connectivity index (χ0) is 13.1. The summed E-state index contributed by atoms with van der Waals surface area (Å²) in [6.07, 6.45) is -3.80. The highest BCUT2D eigenvalue weighted by Crippen LogP contribution is 2.23. The molecule has 1 aromatic rings. The number of halogens is 3. The second-order valence-electron chi connectivity index (χ2n) is 3.08. The predicted molar refractivity (Wildman–Crippen MR) is 51.4 cm³/mol. The van der Waals surface area contributed by atoms with Gasteiger partial charge in [0, 0.05) is 6.07 Å². The molecule has 2 N–H and O–H groups in total. The van der Waals surface area contributed by atoms with E-state index in [1.807, 2.05) is 5.32 Å². The average molecular weight is 251 g/mol. The molecule has 0 aliphatic carbocycles. The Labute approximate surface area is 93.2 Å². The third-order valence-electron chi connectivity index (χ3n) is 1.86. The molecule has 0 radical (unpaired) electrons. The maximum absolute atomic E-state index is 12.3. The first-order valence-corrected chi connectivity index (χ1v) is 4.39. The van der Waals surface area contributed by atoms with E-state index in [9.17, 15) is 23.3 Å². The SMILES string of the molecule is O=[N+]([O-])c1ccc(NC(CO)C(F)(F)F)nc1. The maximum atomic E-state index is 12.3. The van der Waals surface area contributed by atoms with Crippen LogP contribution in [0.15, 0.2) is 18.3 Å². The molecule has 6 nitrogen and oxygen atoms in total. The van der Waals surface area contributed by atoms with Crippen molar-refractivity contribution in [1.82, 2.24) is 4.98 Å². The van der Waals surface area contributed by atoms with Gasteiger partial charge in [0.05, 0.1) is 11.5 Å². The minimum atomic E-state index is -4.63. The second-order valence-corrected chi connectivity index (χ2v) is 3.08. The molecule has 94 valence electrons. The molecule has 1 atom stereocenters. The quantitative estimate of drug-likeness (QED) is 0.622. The van der Waals surface area contributed by atoms with Gasteiger partial charge >= 0.3 is 6.18 Å². The van der Waals surface area contributed by atoms with E-state index in [1.165, 1.54) is 0 Å². The van der Waals surface area contributed by atoms with Gasteiger partial charge in [-0.3, -0.25) is 10.1 Å². The average Bonchev–Trinajstić information content (AvgIpc) is 2.24. The lowest BCUT2D eigenvalue weighted by Crippen LogP contribution is -2.39. The molecule has 0 amide bonds. The Hall–Kier alpha value is -1.90. The minimum absolute atomic E-state index is 0.202. The zero-order valence-corrected chi connectivity index (χ0v) is 8.31. The molecule has 0 saturated heterocycles. The topological polar surface area (TPSA) is 88.3 Å². The van der Waals surface area contributed by atoms with Crippen molar-refractivity contribution in [3.63, 3.8) is 0 Å². The number of anilines is 1. The van der Waals surface area contributed by atoms with Crippen molar-refractivity contribution in [3.8, 4) is 0 Å². The molecule has 1 unspecified atom stereocenters. The molecule has 0 aromatic carbocycles. The van der Waals surface area contributed by atoms with Crippen molar-refractivity contribution in [2.75, 3.05) is 11.9 Å². The van der Waals surface area contributed by atoms with Crippen molar-refractivity contribution in [3.05, 3.63) is 28.4 Å². The standard InChI is InChI=1S/C8H8F3N3O3/c9-8(10,11)6(4-15)13-7-2-1-5(3-12-7)14(16)17/h1-3,6,15H,4H2,(H,12,13). The number of aliphatic hydroxyl groups excluding tert-OH is 1. The Morgan fingerprint density at radius 1 is 1.53 bits per heavy atom. The lowest BCUT2D eigenvalue weighted by Gasteiger charge is -2.19. The summed E-state index contributed by atoms with van der Waals surface area (Å²) in [5.41, 5.74) is -0.330. The second kappa shape index (κ2) is 4.95. The highest BCUT2D eigenvalue weighted by atomic mass is 19.4. The number of hydrogen-bond donors (Lipinski definition) is 2. The molecule has 0 fully saturated rings. The number of alkyl halides is 3. The minimum Gasteiger partial charge on any atom is -0.394 e. The Morgan fingerprint density at radius 2 is 2.18 bits per heavy atom. The number of hydrogen-bond acceptors (Lipinski definition) is 5. The van der Waals surface area contributed by atoms with Gasteiger partial charge < -0.3 is 10.4 Å². The number of aliphatic hydroxyl groups is 1. The molecule has 0 aliphatic rings. The van der Waals surface area contributed by atoms with Crippen LogP contribution in [-0.4, -0.2) is 33.8 Å². The lowest BCUT2D eigenvalue weighted by atomic mass is 10.3. The summed E-state index contributed by atoms with van der Waals surface area (Å²) >= 11 is 0. The van der Waals surface area contributed by atoms with Crippen LogP contribution >= 0.6 is 0 Å². The van der Waals surface area contributed by atoms with Crippen LogP contribution in [0.5, 0.6) is 0 Å². The van der Waals surface area contributed by atoms with E-state index in [0.29, 0.717) is 0 Å².